The van der Waals surface area contributed by atoms with Crippen molar-refractivity contribution < 1.29 is 14.3 Å². The van der Waals surface area contributed by atoms with Gasteiger partial charge in [0, 0.05) is 28.6 Å². The number of rotatable bonds is 7. The van der Waals surface area contributed by atoms with Gasteiger partial charge in [-0.1, -0.05) is 29.8 Å². The van der Waals surface area contributed by atoms with E-state index in [2.05, 4.69) is 15.9 Å². The smallest absolute Gasteiger partial charge is 0.217 e. The van der Waals surface area contributed by atoms with Gasteiger partial charge in [0.05, 0.1) is 14.2 Å². The summed E-state index contributed by atoms with van der Waals surface area (Å²) in [5, 5.41) is 0. The van der Waals surface area contributed by atoms with Crippen LogP contribution < -0.4 is 20.9 Å². The van der Waals surface area contributed by atoms with Crippen LogP contribution in [-0.4, -0.2) is 20.1 Å². The molecule has 0 bridgehead atoms. The molecule has 0 aliphatic carbocycles. The molecule has 1 aromatic rings. The Kier molecular flexibility index (Phi) is 6.04. The first kappa shape index (κ1) is 17.8. The highest BCUT2D eigenvalue weighted by Gasteiger charge is 2.27. The standard InChI is InChI=1S/C15H23BrN2O3/c1-15(2,8-13(18)19)7-11(17)14-10(16)5-9(20-3)6-12(14)21-4/h5-6,11H,7-8,17H2,1-4H3,(H2,18,19). The zero-order chi connectivity index (χ0) is 16.2. The lowest BCUT2D eigenvalue weighted by Crippen LogP contribution is -2.27. The van der Waals surface area contributed by atoms with Crippen LogP contribution >= 0.6 is 15.9 Å². The fraction of sp³-hybridized carbons (Fsp3) is 0.533. The van der Waals surface area contributed by atoms with Gasteiger partial charge in [0.15, 0.2) is 0 Å². The number of methoxy groups -OCH3 is 2. The van der Waals surface area contributed by atoms with E-state index in [0.29, 0.717) is 17.9 Å². The summed E-state index contributed by atoms with van der Waals surface area (Å²) in [7, 11) is 3.18. The Bertz CT molecular complexity index is 518. The number of carbonyl (C=O) groups is 1. The number of hydrogen-bond acceptors (Lipinski definition) is 4. The third-order valence-electron chi connectivity index (χ3n) is 3.32. The summed E-state index contributed by atoms with van der Waals surface area (Å²) in [5.74, 6) is 1.02. The molecular formula is C15H23BrN2O3. The molecule has 0 aromatic heterocycles. The number of halogens is 1. The van der Waals surface area contributed by atoms with E-state index in [-0.39, 0.29) is 23.8 Å². The fourth-order valence-electron chi connectivity index (χ4n) is 2.46. The van der Waals surface area contributed by atoms with Crippen LogP contribution in [0.15, 0.2) is 16.6 Å². The lowest BCUT2D eigenvalue weighted by molar-refractivity contribution is -0.120. The second-order valence-electron chi connectivity index (χ2n) is 5.84. The molecule has 4 N–H and O–H groups in total. The number of hydrogen-bond donors (Lipinski definition) is 2. The fourth-order valence-corrected chi connectivity index (χ4v) is 3.17. The molecule has 118 valence electrons. The maximum absolute atomic E-state index is 11.1. The molecule has 5 nitrogen and oxygen atoms in total. The second kappa shape index (κ2) is 7.13. The first-order valence-electron chi connectivity index (χ1n) is 6.65. The van der Waals surface area contributed by atoms with E-state index in [4.69, 9.17) is 20.9 Å². The van der Waals surface area contributed by atoms with Crippen molar-refractivity contribution in [2.45, 2.75) is 32.7 Å². The Labute approximate surface area is 134 Å². The normalized spacial score (nSPS) is 12.9. The molecule has 0 aliphatic heterocycles. The monoisotopic (exact) mass is 358 g/mol. The van der Waals surface area contributed by atoms with E-state index < -0.39 is 0 Å². The van der Waals surface area contributed by atoms with Crippen molar-refractivity contribution in [3.8, 4) is 11.5 Å². The molecule has 0 saturated carbocycles. The van der Waals surface area contributed by atoms with Gasteiger partial charge in [-0.25, -0.2) is 0 Å². The number of ether oxygens (including phenoxy) is 2. The van der Waals surface area contributed by atoms with Crippen LogP contribution in [0.5, 0.6) is 11.5 Å². The molecule has 0 radical (unpaired) electrons. The van der Waals surface area contributed by atoms with Gasteiger partial charge in [0.25, 0.3) is 0 Å². The van der Waals surface area contributed by atoms with Crippen LogP contribution in [0.3, 0.4) is 0 Å². The van der Waals surface area contributed by atoms with Gasteiger partial charge in [-0.3, -0.25) is 4.79 Å². The Morgan fingerprint density at radius 2 is 1.95 bits per heavy atom. The summed E-state index contributed by atoms with van der Waals surface area (Å²) in [6.07, 6.45) is 0.897. The molecular weight excluding hydrogens is 336 g/mol. The minimum atomic E-state index is -0.326. The van der Waals surface area contributed by atoms with Crippen LogP contribution in [0.25, 0.3) is 0 Å². The molecule has 0 aliphatic rings. The Morgan fingerprint density at radius 1 is 1.33 bits per heavy atom. The highest BCUT2D eigenvalue weighted by molar-refractivity contribution is 9.10. The Balaban J connectivity index is 3.07. The molecule has 21 heavy (non-hydrogen) atoms. The molecule has 1 aromatic carbocycles. The van der Waals surface area contributed by atoms with E-state index >= 15 is 0 Å². The average Bonchev–Trinajstić information content (AvgIpc) is 2.34. The molecule has 0 spiro atoms. The van der Waals surface area contributed by atoms with Gasteiger partial charge in [-0.05, 0) is 17.9 Å². The lowest BCUT2D eigenvalue weighted by atomic mass is 9.80. The summed E-state index contributed by atoms with van der Waals surface area (Å²) < 4.78 is 11.4. The van der Waals surface area contributed by atoms with Crippen molar-refractivity contribution in [1.82, 2.24) is 0 Å². The van der Waals surface area contributed by atoms with Crippen molar-refractivity contribution in [3.63, 3.8) is 0 Å². The van der Waals surface area contributed by atoms with Crippen molar-refractivity contribution >= 4 is 21.8 Å². The van der Waals surface area contributed by atoms with E-state index in [1.54, 1.807) is 20.3 Å². The molecule has 0 saturated heterocycles. The first-order valence-corrected chi connectivity index (χ1v) is 7.45. The number of benzene rings is 1. The van der Waals surface area contributed by atoms with Crippen molar-refractivity contribution in [2.75, 3.05) is 14.2 Å². The topological polar surface area (TPSA) is 87.6 Å². The van der Waals surface area contributed by atoms with Crippen LogP contribution in [0.1, 0.15) is 38.3 Å². The van der Waals surface area contributed by atoms with Gasteiger partial charge >= 0.3 is 0 Å². The molecule has 0 heterocycles. The van der Waals surface area contributed by atoms with Crippen LogP contribution in [0.2, 0.25) is 0 Å². The molecule has 1 rings (SSSR count). The van der Waals surface area contributed by atoms with E-state index in [1.807, 2.05) is 19.9 Å². The first-order chi connectivity index (χ1) is 9.70. The number of nitrogens with two attached hydrogens (primary N) is 2. The Morgan fingerprint density at radius 3 is 2.43 bits per heavy atom. The van der Waals surface area contributed by atoms with Gasteiger partial charge in [0.1, 0.15) is 11.5 Å². The summed E-state index contributed by atoms with van der Waals surface area (Å²) in [6.45, 7) is 3.95. The highest BCUT2D eigenvalue weighted by Crippen LogP contribution is 2.40. The lowest BCUT2D eigenvalue weighted by Gasteiger charge is -2.28. The number of primary amides is 1. The predicted molar refractivity (Wildman–Crippen MR) is 86.4 cm³/mol. The van der Waals surface area contributed by atoms with Gasteiger partial charge in [0.2, 0.25) is 5.91 Å². The van der Waals surface area contributed by atoms with Crippen molar-refractivity contribution in [3.05, 3.63) is 22.2 Å². The molecule has 6 heteroatoms. The van der Waals surface area contributed by atoms with E-state index in [0.717, 1.165) is 10.0 Å². The zero-order valence-corrected chi connectivity index (χ0v) is 14.5. The quantitative estimate of drug-likeness (QED) is 0.784. The minimum absolute atomic E-state index is 0.282. The molecule has 0 fully saturated rings. The third-order valence-corrected chi connectivity index (χ3v) is 3.97. The Hall–Kier alpha value is -1.27. The van der Waals surface area contributed by atoms with Crippen LogP contribution in [0.4, 0.5) is 0 Å². The van der Waals surface area contributed by atoms with Crippen molar-refractivity contribution in [2.24, 2.45) is 16.9 Å². The molecule has 1 amide bonds. The van der Waals surface area contributed by atoms with E-state index in [9.17, 15) is 4.79 Å². The molecule has 1 atom stereocenters. The van der Waals surface area contributed by atoms with Gasteiger partial charge < -0.3 is 20.9 Å². The highest BCUT2D eigenvalue weighted by atomic mass is 79.9. The maximum atomic E-state index is 11.1. The van der Waals surface area contributed by atoms with Gasteiger partial charge in [-0.15, -0.1) is 0 Å². The predicted octanol–water partition coefficient (Wildman–Crippen LogP) is 2.76. The largest absolute Gasteiger partial charge is 0.497 e. The summed E-state index contributed by atoms with van der Waals surface area (Å²) in [4.78, 5) is 11.1. The number of amides is 1. The third kappa shape index (κ3) is 4.89. The van der Waals surface area contributed by atoms with Crippen LogP contribution in [0, 0.1) is 5.41 Å². The average molecular weight is 359 g/mol. The maximum Gasteiger partial charge on any atom is 0.217 e. The van der Waals surface area contributed by atoms with Gasteiger partial charge in [-0.2, -0.15) is 0 Å². The SMILES string of the molecule is COc1cc(Br)c(C(N)CC(C)(C)CC(N)=O)c(OC)c1. The summed E-state index contributed by atoms with van der Waals surface area (Å²) >= 11 is 3.51. The second-order valence-corrected chi connectivity index (χ2v) is 6.70. The summed E-state index contributed by atoms with van der Waals surface area (Å²) in [5.41, 5.74) is 12.2. The zero-order valence-electron chi connectivity index (χ0n) is 12.9. The summed E-state index contributed by atoms with van der Waals surface area (Å²) in [6, 6.07) is 3.36. The number of carbonyl (C=O) groups excluding carboxylic acids is 1. The van der Waals surface area contributed by atoms with E-state index in [1.165, 1.54) is 0 Å². The minimum Gasteiger partial charge on any atom is -0.497 e. The molecule has 1 unspecified atom stereocenters. The van der Waals surface area contributed by atoms with Crippen LogP contribution in [-0.2, 0) is 4.79 Å². The van der Waals surface area contributed by atoms with Crippen molar-refractivity contribution in [1.29, 1.82) is 0 Å².